The van der Waals surface area contributed by atoms with Crippen LogP contribution in [0.3, 0.4) is 0 Å². The van der Waals surface area contributed by atoms with Gasteiger partial charge in [0.05, 0.1) is 0 Å². The zero-order chi connectivity index (χ0) is 14.0. The SMILES string of the molecule is CN(CCCCc1ccccc1)CCc1ccccc1. The molecule has 0 bridgehead atoms. The molecular formula is C19H25N. The first-order valence-electron chi connectivity index (χ1n) is 7.61. The van der Waals surface area contributed by atoms with Gasteiger partial charge in [-0.05, 0) is 50.4 Å². The molecule has 0 aliphatic carbocycles. The van der Waals surface area contributed by atoms with Gasteiger partial charge in [0.2, 0.25) is 0 Å². The van der Waals surface area contributed by atoms with E-state index in [0.717, 1.165) is 13.0 Å². The molecule has 0 atom stereocenters. The fourth-order valence-electron chi connectivity index (χ4n) is 2.43. The molecule has 0 saturated carbocycles. The molecule has 0 spiro atoms. The molecule has 2 aromatic carbocycles. The fourth-order valence-corrected chi connectivity index (χ4v) is 2.43. The largest absolute Gasteiger partial charge is 0.306 e. The lowest BCUT2D eigenvalue weighted by molar-refractivity contribution is 0.330. The molecule has 1 nitrogen and oxygen atoms in total. The Morgan fingerprint density at radius 1 is 0.650 bits per heavy atom. The van der Waals surface area contributed by atoms with E-state index in [9.17, 15) is 0 Å². The van der Waals surface area contributed by atoms with Gasteiger partial charge in [-0.1, -0.05) is 60.7 Å². The Balaban J connectivity index is 1.57. The minimum absolute atomic E-state index is 1.15. The molecule has 0 unspecified atom stereocenters. The van der Waals surface area contributed by atoms with Crippen LogP contribution in [0.4, 0.5) is 0 Å². The second-order valence-corrected chi connectivity index (χ2v) is 5.48. The molecule has 2 aromatic rings. The molecule has 0 N–H and O–H groups in total. The third-order valence-electron chi connectivity index (χ3n) is 3.72. The first-order valence-corrected chi connectivity index (χ1v) is 7.61. The summed E-state index contributed by atoms with van der Waals surface area (Å²) in [5, 5.41) is 0. The highest BCUT2D eigenvalue weighted by Crippen LogP contribution is 2.06. The quantitative estimate of drug-likeness (QED) is 0.648. The van der Waals surface area contributed by atoms with Crippen LogP contribution in [0.5, 0.6) is 0 Å². The van der Waals surface area contributed by atoms with Crippen LogP contribution < -0.4 is 0 Å². The van der Waals surface area contributed by atoms with Crippen LogP contribution in [0.1, 0.15) is 24.0 Å². The Kier molecular flexibility index (Phi) is 6.33. The van der Waals surface area contributed by atoms with Crippen LogP contribution in [-0.4, -0.2) is 25.0 Å². The summed E-state index contributed by atoms with van der Waals surface area (Å²) in [7, 11) is 2.23. The zero-order valence-corrected chi connectivity index (χ0v) is 12.5. The zero-order valence-electron chi connectivity index (χ0n) is 12.5. The maximum atomic E-state index is 2.44. The van der Waals surface area contributed by atoms with Gasteiger partial charge in [-0.3, -0.25) is 0 Å². The van der Waals surface area contributed by atoms with Gasteiger partial charge < -0.3 is 4.90 Å². The van der Waals surface area contributed by atoms with E-state index in [1.807, 2.05) is 0 Å². The second-order valence-electron chi connectivity index (χ2n) is 5.48. The summed E-state index contributed by atoms with van der Waals surface area (Å²) in [6.45, 7) is 2.34. The Bertz CT molecular complexity index is 464. The monoisotopic (exact) mass is 267 g/mol. The lowest BCUT2D eigenvalue weighted by Crippen LogP contribution is -2.22. The average molecular weight is 267 g/mol. The van der Waals surface area contributed by atoms with Gasteiger partial charge in [0.15, 0.2) is 0 Å². The maximum Gasteiger partial charge on any atom is 0.00188 e. The van der Waals surface area contributed by atoms with Crippen LogP contribution >= 0.6 is 0 Å². The lowest BCUT2D eigenvalue weighted by Gasteiger charge is -2.16. The van der Waals surface area contributed by atoms with Crippen molar-refractivity contribution in [2.45, 2.75) is 25.7 Å². The number of likely N-dealkylation sites (N-methyl/N-ethyl adjacent to an activating group) is 1. The average Bonchev–Trinajstić information content (AvgIpc) is 2.52. The Morgan fingerprint density at radius 3 is 1.80 bits per heavy atom. The second kappa shape index (κ2) is 8.55. The van der Waals surface area contributed by atoms with Crippen molar-refractivity contribution in [1.29, 1.82) is 0 Å². The molecule has 1 heteroatoms. The first kappa shape index (κ1) is 14.8. The number of nitrogens with zero attached hydrogens (tertiary/aromatic N) is 1. The van der Waals surface area contributed by atoms with Crippen LogP contribution in [0.2, 0.25) is 0 Å². The molecular weight excluding hydrogens is 242 g/mol. The Morgan fingerprint density at radius 2 is 1.20 bits per heavy atom. The Labute approximate surface area is 123 Å². The lowest BCUT2D eigenvalue weighted by atomic mass is 10.1. The van der Waals surface area contributed by atoms with E-state index >= 15 is 0 Å². The van der Waals surface area contributed by atoms with Crippen molar-refractivity contribution >= 4 is 0 Å². The van der Waals surface area contributed by atoms with Gasteiger partial charge >= 0.3 is 0 Å². The third-order valence-corrected chi connectivity index (χ3v) is 3.72. The molecule has 0 fully saturated rings. The highest BCUT2D eigenvalue weighted by molar-refractivity contribution is 5.15. The van der Waals surface area contributed by atoms with Crippen molar-refractivity contribution in [3.63, 3.8) is 0 Å². The summed E-state index contributed by atoms with van der Waals surface area (Å²) in [6.07, 6.45) is 4.91. The smallest absolute Gasteiger partial charge is 0.00188 e. The molecule has 0 heterocycles. The summed E-state index contributed by atoms with van der Waals surface area (Å²) in [6, 6.07) is 21.5. The van der Waals surface area contributed by atoms with Crippen LogP contribution in [-0.2, 0) is 12.8 Å². The number of hydrogen-bond donors (Lipinski definition) is 0. The molecule has 0 amide bonds. The maximum absolute atomic E-state index is 2.44. The number of benzene rings is 2. The van der Waals surface area contributed by atoms with E-state index in [0.29, 0.717) is 0 Å². The van der Waals surface area contributed by atoms with E-state index in [-0.39, 0.29) is 0 Å². The van der Waals surface area contributed by atoms with Crippen LogP contribution in [0, 0.1) is 0 Å². The highest BCUT2D eigenvalue weighted by atomic mass is 15.1. The standard InChI is InChI=1S/C19H25N/c1-20(17-15-19-12-6-3-7-13-19)16-9-8-14-18-10-4-2-5-11-18/h2-7,10-13H,8-9,14-17H2,1H3. The van der Waals surface area contributed by atoms with Crippen molar-refractivity contribution in [3.05, 3.63) is 71.8 Å². The molecule has 2 rings (SSSR count). The van der Waals surface area contributed by atoms with Gasteiger partial charge in [-0.2, -0.15) is 0 Å². The number of hydrogen-bond acceptors (Lipinski definition) is 1. The first-order chi connectivity index (χ1) is 9.84. The molecule has 0 saturated heterocycles. The van der Waals surface area contributed by atoms with Gasteiger partial charge in [0.1, 0.15) is 0 Å². The number of unbranched alkanes of at least 4 members (excludes halogenated alkanes) is 1. The van der Waals surface area contributed by atoms with Crippen molar-refractivity contribution in [2.24, 2.45) is 0 Å². The molecule has 0 aliphatic rings. The van der Waals surface area contributed by atoms with Gasteiger partial charge in [0.25, 0.3) is 0 Å². The third kappa shape index (κ3) is 5.58. The molecule has 20 heavy (non-hydrogen) atoms. The van der Waals surface area contributed by atoms with Gasteiger partial charge in [-0.15, -0.1) is 0 Å². The fraction of sp³-hybridized carbons (Fsp3) is 0.368. The van der Waals surface area contributed by atoms with Crippen LogP contribution in [0.15, 0.2) is 60.7 Å². The summed E-state index contributed by atoms with van der Waals surface area (Å²) in [5.41, 5.74) is 2.89. The van der Waals surface area contributed by atoms with E-state index in [1.165, 1.54) is 36.9 Å². The molecule has 0 aliphatic heterocycles. The van der Waals surface area contributed by atoms with Crippen molar-refractivity contribution in [3.8, 4) is 0 Å². The summed E-state index contributed by atoms with van der Waals surface area (Å²) < 4.78 is 0. The van der Waals surface area contributed by atoms with E-state index in [4.69, 9.17) is 0 Å². The summed E-state index contributed by atoms with van der Waals surface area (Å²) in [4.78, 5) is 2.44. The van der Waals surface area contributed by atoms with Gasteiger partial charge in [-0.25, -0.2) is 0 Å². The van der Waals surface area contributed by atoms with E-state index < -0.39 is 0 Å². The van der Waals surface area contributed by atoms with Crippen LogP contribution in [0.25, 0.3) is 0 Å². The van der Waals surface area contributed by atoms with Crippen molar-refractivity contribution in [2.75, 3.05) is 20.1 Å². The highest BCUT2D eigenvalue weighted by Gasteiger charge is 1.99. The van der Waals surface area contributed by atoms with E-state index in [2.05, 4.69) is 72.6 Å². The normalized spacial score (nSPS) is 10.9. The Hall–Kier alpha value is -1.60. The predicted octanol–water partition coefficient (Wildman–Crippen LogP) is 4.18. The number of aryl methyl sites for hydroxylation is 1. The van der Waals surface area contributed by atoms with Crippen molar-refractivity contribution < 1.29 is 0 Å². The van der Waals surface area contributed by atoms with Crippen molar-refractivity contribution in [1.82, 2.24) is 4.90 Å². The summed E-state index contributed by atoms with van der Waals surface area (Å²) in [5.74, 6) is 0. The number of rotatable bonds is 8. The molecule has 106 valence electrons. The predicted molar refractivity (Wildman–Crippen MR) is 87.0 cm³/mol. The molecule has 0 radical (unpaired) electrons. The van der Waals surface area contributed by atoms with Gasteiger partial charge in [0, 0.05) is 6.54 Å². The van der Waals surface area contributed by atoms with E-state index in [1.54, 1.807) is 0 Å². The minimum Gasteiger partial charge on any atom is -0.306 e. The topological polar surface area (TPSA) is 3.24 Å². The minimum atomic E-state index is 1.15. The summed E-state index contributed by atoms with van der Waals surface area (Å²) >= 11 is 0. The molecule has 0 aromatic heterocycles.